The van der Waals surface area contributed by atoms with E-state index in [-0.39, 0.29) is 27.0 Å². The van der Waals surface area contributed by atoms with Crippen molar-refractivity contribution in [2.75, 3.05) is 5.32 Å². The fourth-order valence-corrected chi connectivity index (χ4v) is 2.17. The van der Waals surface area contributed by atoms with Crippen molar-refractivity contribution in [1.29, 1.82) is 0 Å². The molecule has 2 N–H and O–H groups in total. The lowest BCUT2D eigenvalue weighted by Gasteiger charge is -2.10. The second kappa shape index (κ2) is 5.99. The number of hydrogen-bond donors (Lipinski definition) is 2. The van der Waals surface area contributed by atoms with Crippen LogP contribution in [0, 0.1) is 10.1 Å². The molecule has 0 spiro atoms. The monoisotopic (exact) mass is 326 g/mol. The molecule has 0 bridgehead atoms. The minimum absolute atomic E-state index is 0.0109. The number of nitrogens with one attached hydrogen (secondary N) is 1. The van der Waals surface area contributed by atoms with Crippen molar-refractivity contribution in [3.05, 3.63) is 62.1 Å². The first-order valence-corrected chi connectivity index (χ1v) is 6.38. The molecule has 0 aliphatic rings. The van der Waals surface area contributed by atoms with Gasteiger partial charge in [0.2, 0.25) is 0 Å². The zero-order chi connectivity index (χ0) is 15.6. The molecule has 108 valence electrons. The number of nitro benzene ring substituents is 1. The number of carboxylic acids is 1. The first-order valence-electron chi connectivity index (χ1n) is 5.63. The third-order valence-electron chi connectivity index (χ3n) is 2.65. The standard InChI is InChI=1S/C13H8Cl2N2O4/c14-8-2-1-3-11(12(8)17(20)21)16-10-5-4-7(13(18)19)6-9(10)15/h1-6,16H,(H,18,19). The molecule has 2 aromatic carbocycles. The van der Waals surface area contributed by atoms with Gasteiger partial charge >= 0.3 is 11.7 Å². The quantitative estimate of drug-likeness (QED) is 0.643. The number of rotatable bonds is 4. The van der Waals surface area contributed by atoms with Crippen LogP contribution in [0.4, 0.5) is 17.1 Å². The van der Waals surface area contributed by atoms with Gasteiger partial charge in [-0.25, -0.2) is 4.79 Å². The van der Waals surface area contributed by atoms with Crippen LogP contribution in [-0.2, 0) is 0 Å². The molecule has 0 saturated carbocycles. The number of carboxylic acid groups (broad SMARTS) is 1. The average molecular weight is 327 g/mol. The number of anilines is 2. The van der Waals surface area contributed by atoms with Crippen LogP contribution in [0.2, 0.25) is 10.0 Å². The van der Waals surface area contributed by atoms with Crippen LogP contribution in [0.3, 0.4) is 0 Å². The molecule has 0 aliphatic carbocycles. The number of aromatic carboxylic acids is 1. The van der Waals surface area contributed by atoms with Gasteiger partial charge in [0.15, 0.2) is 0 Å². The van der Waals surface area contributed by atoms with Crippen LogP contribution >= 0.6 is 23.2 Å². The van der Waals surface area contributed by atoms with Crippen LogP contribution in [0.1, 0.15) is 10.4 Å². The molecule has 0 amide bonds. The molecule has 2 rings (SSSR count). The first-order chi connectivity index (χ1) is 9.90. The van der Waals surface area contributed by atoms with Crippen molar-refractivity contribution in [2.45, 2.75) is 0 Å². The summed E-state index contributed by atoms with van der Waals surface area (Å²) in [7, 11) is 0. The van der Waals surface area contributed by atoms with E-state index in [9.17, 15) is 14.9 Å². The van der Waals surface area contributed by atoms with E-state index in [2.05, 4.69) is 5.32 Å². The van der Waals surface area contributed by atoms with Gasteiger partial charge in [0.25, 0.3) is 0 Å². The Kier molecular flexibility index (Phi) is 4.30. The average Bonchev–Trinajstić information content (AvgIpc) is 2.40. The van der Waals surface area contributed by atoms with Crippen molar-refractivity contribution < 1.29 is 14.8 Å². The maximum absolute atomic E-state index is 11.0. The summed E-state index contributed by atoms with van der Waals surface area (Å²) in [5, 5.41) is 22.8. The predicted molar refractivity (Wildman–Crippen MR) is 79.8 cm³/mol. The molecular formula is C13H8Cl2N2O4. The van der Waals surface area contributed by atoms with Gasteiger partial charge in [0, 0.05) is 0 Å². The van der Waals surface area contributed by atoms with Gasteiger partial charge in [-0.2, -0.15) is 0 Å². The third kappa shape index (κ3) is 3.24. The molecule has 0 aromatic heterocycles. The van der Waals surface area contributed by atoms with Gasteiger partial charge in [-0.1, -0.05) is 29.3 Å². The van der Waals surface area contributed by atoms with Gasteiger partial charge < -0.3 is 10.4 Å². The lowest BCUT2D eigenvalue weighted by molar-refractivity contribution is -0.383. The van der Waals surface area contributed by atoms with Crippen molar-refractivity contribution in [2.24, 2.45) is 0 Å². The highest BCUT2D eigenvalue weighted by atomic mass is 35.5. The van der Waals surface area contributed by atoms with Crippen molar-refractivity contribution in [1.82, 2.24) is 0 Å². The summed E-state index contributed by atoms with van der Waals surface area (Å²) < 4.78 is 0. The Bertz CT molecular complexity index is 734. The van der Waals surface area contributed by atoms with Gasteiger partial charge in [-0.05, 0) is 30.3 Å². The van der Waals surface area contributed by atoms with Crippen LogP contribution in [-0.4, -0.2) is 16.0 Å². The summed E-state index contributed by atoms with van der Waals surface area (Å²) in [5.74, 6) is -1.11. The first kappa shape index (κ1) is 15.1. The molecule has 0 heterocycles. The van der Waals surface area contributed by atoms with Gasteiger partial charge in [-0.3, -0.25) is 10.1 Å². The lowest BCUT2D eigenvalue weighted by atomic mass is 10.2. The van der Waals surface area contributed by atoms with E-state index in [1.165, 1.54) is 30.3 Å². The molecule has 0 unspecified atom stereocenters. The fraction of sp³-hybridized carbons (Fsp3) is 0. The van der Waals surface area contributed by atoms with E-state index in [1.54, 1.807) is 6.07 Å². The predicted octanol–water partition coefficient (Wildman–Crippen LogP) is 4.34. The van der Waals surface area contributed by atoms with E-state index in [4.69, 9.17) is 28.3 Å². The Balaban J connectivity index is 2.42. The Labute approximate surface area is 129 Å². The van der Waals surface area contributed by atoms with Crippen LogP contribution in [0.25, 0.3) is 0 Å². The summed E-state index contributed by atoms with van der Waals surface area (Å²) >= 11 is 11.8. The van der Waals surface area contributed by atoms with Crippen molar-refractivity contribution >= 4 is 46.2 Å². The second-order valence-electron chi connectivity index (χ2n) is 4.02. The van der Waals surface area contributed by atoms with E-state index in [0.29, 0.717) is 5.69 Å². The molecule has 8 heteroatoms. The molecule has 0 radical (unpaired) electrons. The maximum atomic E-state index is 11.0. The minimum Gasteiger partial charge on any atom is -0.478 e. The maximum Gasteiger partial charge on any atom is 0.335 e. The number of nitro groups is 1. The normalized spacial score (nSPS) is 10.2. The van der Waals surface area contributed by atoms with E-state index < -0.39 is 10.9 Å². The number of benzene rings is 2. The lowest BCUT2D eigenvalue weighted by Crippen LogP contribution is -2.00. The Morgan fingerprint density at radius 1 is 1.14 bits per heavy atom. The second-order valence-corrected chi connectivity index (χ2v) is 4.83. The highest BCUT2D eigenvalue weighted by Crippen LogP contribution is 2.36. The highest BCUT2D eigenvalue weighted by Gasteiger charge is 2.19. The number of halogens is 2. The van der Waals surface area contributed by atoms with Crippen LogP contribution < -0.4 is 5.32 Å². The summed E-state index contributed by atoms with van der Waals surface area (Å²) in [6.45, 7) is 0. The summed E-state index contributed by atoms with van der Waals surface area (Å²) in [5.41, 5.74) is 0.244. The Morgan fingerprint density at radius 2 is 1.86 bits per heavy atom. The van der Waals surface area contributed by atoms with Crippen molar-refractivity contribution in [3.8, 4) is 0 Å². The molecule has 0 aliphatic heterocycles. The highest BCUT2D eigenvalue weighted by molar-refractivity contribution is 6.34. The van der Waals surface area contributed by atoms with Gasteiger partial charge in [0.1, 0.15) is 10.7 Å². The largest absolute Gasteiger partial charge is 0.478 e. The SMILES string of the molecule is O=C(O)c1ccc(Nc2cccc(Cl)c2[N+](=O)[O-])c(Cl)c1. The Hall–Kier alpha value is -2.31. The number of para-hydroxylation sites is 1. The summed E-state index contributed by atoms with van der Waals surface area (Å²) in [6.07, 6.45) is 0. The number of carbonyl (C=O) groups is 1. The summed E-state index contributed by atoms with van der Waals surface area (Å²) in [6, 6.07) is 8.45. The molecule has 2 aromatic rings. The number of hydrogen-bond acceptors (Lipinski definition) is 4. The van der Waals surface area contributed by atoms with Gasteiger partial charge in [-0.15, -0.1) is 0 Å². The summed E-state index contributed by atoms with van der Waals surface area (Å²) in [4.78, 5) is 21.2. The molecule has 0 fully saturated rings. The topological polar surface area (TPSA) is 92.5 Å². The zero-order valence-corrected chi connectivity index (χ0v) is 11.9. The van der Waals surface area contributed by atoms with Crippen molar-refractivity contribution in [3.63, 3.8) is 0 Å². The molecule has 0 atom stereocenters. The third-order valence-corrected chi connectivity index (χ3v) is 3.27. The molecule has 6 nitrogen and oxygen atoms in total. The number of nitrogens with zero attached hydrogens (tertiary/aromatic N) is 1. The Morgan fingerprint density at radius 3 is 2.43 bits per heavy atom. The van der Waals surface area contributed by atoms with E-state index in [1.807, 2.05) is 0 Å². The molecular weight excluding hydrogens is 319 g/mol. The molecule has 0 saturated heterocycles. The smallest absolute Gasteiger partial charge is 0.335 e. The van der Waals surface area contributed by atoms with Crippen LogP contribution in [0.5, 0.6) is 0 Å². The zero-order valence-electron chi connectivity index (χ0n) is 10.3. The van der Waals surface area contributed by atoms with E-state index >= 15 is 0 Å². The molecule has 21 heavy (non-hydrogen) atoms. The van der Waals surface area contributed by atoms with Gasteiger partial charge in [0.05, 0.1) is 21.2 Å². The van der Waals surface area contributed by atoms with Crippen LogP contribution in [0.15, 0.2) is 36.4 Å². The fourth-order valence-electron chi connectivity index (χ4n) is 1.70. The minimum atomic E-state index is -1.11. The van der Waals surface area contributed by atoms with E-state index in [0.717, 1.165) is 0 Å².